The molecule has 0 spiro atoms. The Labute approximate surface area is 90.8 Å². The van der Waals surface area contributed by atoms with Crippen molar-refractivity contribution in [2.75, 3.05) is 6.54 Å². The highest BCUT2D eigenvalue weighted by Gasteiger charge is 2.54. The van der Waals surface area contributed by atoms with Crippen molar-refractivity contribution < 1.29 is 4.79 Å². The molecule has 0 radical (unpaired) electrons. The molecule has 3 nitrogen and oxygen atoms in total. The molecule has 3 fully saturated rings. The lowest BCUT2D eigenvalue weighted by Gasteiger charge is -2.35. The monoisotopic (exact) mass is 208 g/mol. The fourth-order valence-electron chi connectivity index (χ4n) is 3.58. The average Bonchev–Trinajstić information content (AvgIpc) is 2.83. The van der Waals surface area contributed by atoms with E-state index in [1.807, 2.05) is 0 Å². The number of carbonyl (C=O) groups excluding carboxylic acids is 1. The summed E-state index contributed by atoms with van der Waals surface area (Å²) in [6.45, 7) is 1.01. The lowest BCUT2D eigenvalue weighted by molar-refractivity contribution is -0.126. The summed E-state index contributed by atoms with van der Waals surface area (Å²) >= 11 is 0. The number of nitrogens with one attached hydrogen (secondary N) is 1. The first-order valence-corrected chi connectivity index (χ1v) is 6.25. The molecule has 0 aromatic rings. The van der Waals surface area contributed by atoms with Crippen LogP contribution in [0.3, 0.4) is 0 Å². The summed E-state index contributed by atoms with van der Waals surface area (Å²) in [4.78, 5) is 11.7. The molecule has 0 aromatic carbocycles. The van der Waals surface area contributed by atoms with E-state index in [1.165, 1.54) is 32.1 Å². The quantitative estimate of drug-likeness (QED) is 0.725. The van der Waals surface area contributed by atoms with E-state index in [2.05, 4.69) is 5.32 Å². The molecule has 15 heavy (non-hydrogen) atoms. The van der Waals surface area contributed by atoms with Gasteiger partial charge in [-0.3, -0.25) is 4.79 Å². The van der Waals surface area contributed by atoms with Crippen LogP contribution in [0.2, 0.25) is 0 Å². The minimum absolute atomic E-state index is 0.102. The zero-order valence-corrected chi connectivity index (χ0v) is 9.17. The van der Waals surface area contributed by atoms with Crippen LogP contribution in [0.1, 0.15) is 38.5 Å². The van der Waals surface area contributed by atoms with E-state index in [-0.39, 0.29) is 11.4 Å². The van der Waals surface area contributed by atoms with E-state index in [4.69, 9.17) is 5.73 Å². The maximum Gasteiger partial charge on any atom is 0.238 e. The topological polar surface area (TPSA) is 55.1 Å². The molecule has 3 aliphatic rings. The van der Waals surface area contributed by atoms with Crippen LogP contribution in [0.4, 0.5) is 0 Å². The minimum atomic E-state index is -0.328. The third-order valence-electron chi connectivity index (χ3n) is 4.69. The minimum Gasteiger partial charge on any atom is -0.368 e. The van der Waals surface area contributed by atoms with Crippen molar-refractivity contribution in [3.63, 3.8) is 0 Å². The molecule has 3 atom stereocenters. The molecule has 84 valence electrons. The number of hydrogen-bond donors (Lipinski definition) is 2. The molecule has 3 rings (SSSR count). The fraction of sp³-hybridized carbons (Fsp3) is 0.917. The Kier molecular flexibility index (Phi) is 2.06. The SMILES string of the molecule is NC(=O)C1(NCC2CC2)CC2CCC1C2. The molecule has 3 saturated carbocycles. The molecule has 0 aromatic heterocycles. The van der Waals surface area contributed by atoms with Gasteiger partial charge in [-0.05, 0) is 56.4 Å². The van der Waals surface area contributed by atoms with Crippen molar-refractivity contribution in [2.45, 2.75) is 44.1 Å². The Morgan fingerprint density at radius 3 is 2.60 bits per heavy atom. The molecular formula is C12H20N2O. The van der Waals surface area contributed by atoms with Crippen LogP contribution in [-0.2, 0) is 4.79 Å². The first-order chi connectivity index (χ1) is 7.21. The van der Waals surface area contributed by atoms with Crippen LogP contribution in [-0.4, -0.2) is 18.0 Å². The van der Waals surface area contributed by atoms with Gasteiger partial charge in [0.05, 0.1) is 0 Å². The van der Waals surface area contributed by atoms with Gasteiger partial charge in [-0.2, -0.15) is 0 Å². The van der Waals surface area contributed by atoms with E-state index < -0.39 is 0 Å². The van der Waals surface area contributed by atoms with Crippen LogP contribution in [0.25, 0.3) is 0 Å². The van der Waals surface area contributed by atoms with Crippen LogP contribution in [0, 0.1) is 17.8 Å². The predicted octanol–water partition coefficient (Wildman–Crippen LogP) is 1.03. The second-order valence-electron chi connectivity index (χ2n) is 5.74. The van der Waals surface area contributed by atoms with E-state index >= 15 is 0 Å². The summed E-state index contributed by atoms with van der Waals surface area (Å²) in [6.07, 6.45) is 7.39. The smallest absolute Gasteiger partial charge is 0.238 e. The van der Waals surface area contributed by atoms with Gasteiger partial charge in [0.1, 0.15) is 5.54 Å². The number of primary amides is 1. The van der Waals surface area contributed by atoms with E-state index in [0.717, 1.165) is 24.8 Å². The Balaban J connectivity index is 1.73. The number of rotatable bonds is 4. The van der Waals surface area contributed by atoms with Crippen LogP contribution < -0.4 is 11.1 Å². The summed E-state index contributed by atoms with van der Waals surface area (Å²) in [5, 5.41) is 3.51. The number of nitrogens with two attached hydrogens (primary N) is 1. The van der Waals surface area contributed by atoms with Gasteiger partial charge in [0.2, 0.25) is 5.91 Å². The van der Waals surface area contributed by atoms with Crippen molar-refractivity contribution in [3.05, 3.63) is 0 Å². The molecule has 3 aliphatic carbocycles. The van der Waals surface area contributed by atoms with Gasteiger partial charge >= 0.3 is 0 Å². The highest BCUT2D eigenvalue weighted by Crippen LogP contribution is 2.50. The maximum absolute atomic E-state index is 11.7. The molecule has 3 unspecified atom stereocenters. The number of carbonyl (C=O) groups is 1. The number of fused-ring (bicyclic) bond motifs is 2. The van der Waals surface area contributed by atoms with Crippen molar-refractivity contribution in [1.82, 2.24) is 5.32 Å². The molecule has 2 bridgehead atoms. The lowest BCUT2D eigenvalue weighted by atomic mass is 9.80. The highest BCUT2D eigenvalue weighted by atomic mass is 16.1. The second-order valence-corrected chi connectivity index (χ2v) is 5.74. The maximum atomic E-state index is 11.7. The third-order valence-corrected chi connectivity index (χ3v) is 4.69. The highest BCUT2D eigenvalue weighted by molar-refractivity contribution is 5.85. The molecular weight excluding hydrogens is 188 g/mol. The van der Waals surface area contributed by atoms with Gasteiger partial charge in [0, 0.05) is 0 Å². The van der Waals surface area contributed by atoms with Gasteiger partial charge < -0.3 is 11.1 Å². The van der Waals surface area contributed by atoms with Gasteiger partial charge in [-0.1, -0.05) is 6.42 Å². The zero-order valence-electron chi connectivity index (χ0n) is 9.17. The average molecular weight is 208 g/mol. The number of amides is 1. The normalized spacial score (nSPS) is 43.5. The van der Waals surface area contributed by atoms with Crippen molar-refractivity contribution in [2.24, 2.45) is 23.5 Å². The third kappa shape index (κ3) is 1.48. The van der Waals surface area contributed by atoms with Gasteiger partial charge in [0.15, 0.2) is 0 Å². The summed E-state index contributed by atoms with van der Waals surface area (Å²) in [5.74, 6) is 2.00. The Bertz CT molecular complexity index is 287. The zero-order chi connectivity index (χ0) is 10.5. The van der Waals surface area contributed by atoms with Crippen LogP contribution in [0.5, 0.6) is 0 Å². The summed E-state index contributed by atoms with van der Waals surface area (Å²) in [5.41, 5.74) is 5.30. The summed E-state index contributed by atoms with van der Waals surface area (Å²) in [7, 11) is 0. The lowest BCUT2D eigenvalue weighted by Crippen LogP contribution is -2.59. The molecule has 0 aliphatic heterocycles. The van der Waals surface area contributed by atoms with Gasteiger partial charge in [-0.15, -0.1) is 0 Å². The Morgan fingerprint density at radius 1 is 1.33 bits per heavy atom. The molecule has 0 saturated heterocycles. The first-order valence-electron chi connectivity index (χ1n) is 6.25. The van der Waals surface area contributed by atoms with Gasteiger partial charge in [0.25, 0.3) is 0 Å². The van der Waals surface area contributed by atoms with E-state index in [9.17, 15) is 4.79 Å². The van der Waals surface area contributed by atoms with Crippen LogP contribution in [0.15, 0.2) is 0 Å². The number of hydrogen-bond acceptors (Lipinski definition) is 2. The van der Waals surface area contributed by atoms with E-state index in [0.29, 0.717) is 5.92 Å². The predicted molar refractivity (Wildman–Crippen MR) is 58.1 cm³/mol. The fourth-order valence-corrected chi connectivity index (χ4v) is 3.58. The molecule has 0 heterocycles. The van der Waals surface area contributed by atoms with Crippen molar-refractivity contribution in [3.8, 4) is 0 Å². The van der Waals surface area contributed by atoms with Gasteiger partial charge in [-0.25, -0.2) is 0 Å². The summed E-state index contributed by atoms with van der Waals surface area (Å²) < 4.78 is 0. The van der Waals surface area contributed by atoms with E-state index in [1.54, 1.807) is 0 Å². The molecule has 3 N–H and O–H groups in total. The Morgan fingerprint density at radius 2 is 2.13 bits per heavy atom. The van der Waals surface area contributed by atoms with Crippen molar-refractivity contribution >= 4 is 5.91 Å². The first kappa shape index (κ1) is 9.64. The second kappa shape index (κ2) is 3.21. The Hall–Kier alpha value is -0.570. The van der Waals surface area contributed by atoms with Crippen LogP contribution >= 0.6 is 0 Å². The standard InChI is InChI=1S/C12H20N2O/c13-11(15)12(14-7-8-1-2-8)6-9-3-4-10(12)5-9/h8-10,14H,1-7H2,(H2,13,15). The summed E-state index contributed by atoms with van der Waals surface area (Å²) in [6, 6.07) is 0. The molecule has 3 heteroatoms. The van der Waals surface area contributed by atoms with Crippen molar-refractivity contribution in [1.29, 1.82) is 0 Å². The molecule has 1 amide bonds. The largest absolute Gasteiger partial charge is 0.368 e.